The zero-order valence-corrected chi connectivity index (χ0v) is 12.7. The van der Waals surface area contributed by atoms with E-state index < -0.39 is 0 Å². The summed E-state index contributed by atoms with van der Waals surface area (Å²) >= 11 is 5.96. The monoisotopic (exact) mass is 294 g/mol. The molecule has 110 valence electrons. The van der Waals surface area contributed by atoms with Crippen LogP contribution >= 0.6 is 11.6 Å². The molecular weight excluding hydrogens is 272 g/mol. The maximum Gasteiger partial charge on any atom is 0.251 e. The van der Waals surface area contributed by atoms with E-state index >= 15 is 0 Å². The van der Waals surface area contributed by atoms with E-state index in [-0.39, 0.29) is 11.9 Å². The predicted molar refractivity (Wildman–Crippen MR) is 84.0 cm³/mol. The van der Waals surface area contributed by atoms with E-state index in [4.69, 9.17) is 17.3 Å². The fraction of sp³-hybridized carbons (Fsp3) is 0.562. The van der Waals surface area contributed by atoms with E-state index in [2.05, 4.69) is 12.2 Å². The molecule has 3 N–H and O–H groups in total. The van der Waals surface area contributed by atoms with Crippen LogP contribution < -0.4 is 11.1 Å². The third kappa shape index (κ3) is 3.89. The van der Waals surface area contributed by atoms with Gasteiger partial charge in [-0.25, -0.2) is 0 Å². The molecule has 1 aromatic rings. The minimum Gasteiger partial charge on any atom is -0.398 e. The van der Waals surface area contributed by atoms with Gasteiger partial charge in [0.15, 0.2) is 0 Å². The third-order valence-electron chi connectivity index (χ3n) is 4.23. The average molecular weight is 295 g/mol. The van der Waals surface area contributed by atoms with Gasteiger partial charge in [-0.05, 0) is 43.9 Å². The number of nitrogen functional groups attached to an aromatic ring is 1. The van der Waals surface area contributed by atoms with E-state index in [0.29, 0.717) is 22.2 Å². The Morgan fingerprint density at radius 2 is 1.95 bits per heavy atom. The molecule has 1 fully saturated rings. The van der Waals surface area contributed by atoms with Crippen LogP contribution in [0.3, 0.4) is 0 Å². The fourth-order valence-corrected chi connectivity index (χ4v) is 3.07. The maximum atomic E-state index is 12.2. The number of anilines is 1. The van der Waals surface area contributed by atoms with Gasteiger partial charge in [0.2, 0.25) is 0 Å². The smallest absolute Gasteiger partial charge is 0.251 e. The van der Waals surface area contributed by atoms with Crippen molar-refractivity contribution < 1.29 is 4.79 Å². The highest BCUT2D eigenvalue weighted by Gasteiger charge is 2.21. The molecule has 20 heavy (non-hydrogen) atoms. The topological polar surface area (TPSA) is 55.1 Å². The molecule has 0 spiro atoms. The van der Waals surface area contributed by atoms with Crippen LogP contribution in [0.1, 0.15) is 55.8 Å². The summed E-state index contributed by atoms with van der Waals surface area (Å²) in [4.78, 5) is 12.2. The normalized spacial score (nSPS) is 18.3. The summed E-state index contributed by atoms with van der Waals surface area (Å²) in [5, 5.41) is 3.53. The van der Waals surface area contributed by atoms with Crippen LogP contribution in [-0.4, -0.2) is 11.9 Å². The predicted octanol–water partition coefficient (Wildman–Crippen LogP) is 4.01. The van der Waals surface area contributed by atoms with Crippen molar-refractivity contribution in [3.05, 3.63) is 28.8 Å². The van der Waals surface area contributed by atoms with Crippen LogP contribution in [0.25, 0.3) is 0 Å². The molecule has 3 nitrogen and oxygen atoms in total. The first-order chi connectivity index (χ1) is 9.58. The van der Waals surface area contributed by atoms with Crippen LogP contribution in [0.2, 0.25) is 5.02 Å². The first-order valence-corrected chi connectivity index (χ1v) is 7.81. The molecule has 1 aliphatic carbocycles. The molecular formula is C16H23ClN2O. The van der Waals surface area contributed by atoms with E-state index in [1.807, 2.05) is 0 Å². The molecule has 0 aromatic heterocycles. The van der Waals surface area contributed by atoms with Crippen molar-refractivity contribution in [2.24, 2.45) is 5.92 Å². The molecule has 0 bridgehead atoms. The Hall–Kier alpha value is -1.22. The number of nitrogens with two attached hydrogens (primary N) is 1. The molecule has 0 heterocycles. The summed E-state index contributed by atoms with van der Waals surface area (Å²) in [6, 6.07) is 5.23. The van der Waals surface area contributed by atoms with Crippen molar-refractivity contribution >= 4 is 23.2 Å². The summed E-state index contributed by atoms with van der Waals surface area (Å²) in [5.41, 5.74) is 6.73. The van der Waals surface area contributed by atoms with Gasteiger partial charge in [-0.2, -0.15) is 0 Å². The number of hydrogen-bond donors (Lipinski definition) is 2. The zero-order chi connectivity index (χ0) is 14.5. The number of carbonyl (C=O) groups excluding carboxylic acids is 1. The molecule has 0 saturated heterocycles. The van der Waals surface area contributed by atoms with Gasteiger partial charge in [-0.1, -0.05) is 37.3 Å². The largest absolute Gasteiger partial charge is 0.398 e. The van der Waals surface area contributed by atoms with Gasteiger partial charge < -0.3 is 11.1 Å². The molecule has 1 amide bonds. The molecule has 0 radical (unpaired) electrons. The number of halogens is 1. The summed E-state index contributed by atoms with van der Waals surface area (Å²) in [6.45, 7) is 2.10. The van der Waals surface area contributed by atoms with Gasteiger partial charge in [0, 0.05) is 11.6 Å². The van der Waals surface area contributed by atoms with E-state index in [1.54, 1.807) is 18.2 Å². The van der Waals surface area contributed by atoms with Crippen molar-refractivity contribution in [3.8, 4) is 0 Å². The SMILES string of the molecule is C[C@@H](NC(=O)c1ccc(N)c(Cl)c1)C1CCCCCC1. The summed E-state index contributed by atoms with van der Waals surface area (Å²) < 4.78 is 0. The molecule has 4 heteroatoms. The van der Waals surface area contributed by atoms with Crippen molar-refractivity contribution in [1.29, 1.82) is 0 Å². The van der Waals surface area contributed by atoms with Crippen LogP contribution in [0.4, 0.5) is 5.69 Å². The van der Waals surface area contributed by atoms with Crippen LogP contribution in [-0.2, 0) is 0 Å². The number of benzene rings is 1. The van der Waals surface area contributed by atoms with E-state index in [0.717, 1.165) is 0 Å². The molecule has 0 unspecified atom stereocenters. The second-order valence-corrected chi connectivity index (χ2v) is 6.16. The highest BCUT2D eigenvalue weighted by atomic mass is 35.5. The van der Waals surface area contributed by atoms with E-state index in [9.17, 15) is 4.79 Å². The lowest BCUT2D eigenvalue weighted by Crippen LogP contribution is -2.38. The van der Waals surface area contributed by atoms with Gasteiger partial charge >= 0.3 is 0 Å². The number of hydrogen-bond acceptors (Lipinski definition) is 2. The quantitative estimate of drug-likeness (QED) is 0.654. The Morgan fingerprint density at radius 3 is 2.55 bits per heavy atom. The van der Waals surface area contributed by atoms with Crippen LogP contribution in [0.5, 0.6) is 0 Å². The number of carbonyl (C=O) groups is 1. The molecule has 1 aliphatic rings. The molecule has 1 atom stereocenters. The van der Waals surface area contributed by atoms with Gasteiger partial charge in [0.1, 0.15) is 0 Å². The Balaban J connectivity index is 1.97. The van der Waals surface area contributed by atoms with Crippen LogP contribution in [0.15, 0.2) is 18.2 Å². The fourth-order valence-electron chi connectivity index (χ4n) is 2.89. The standard InChI is InChI=1S/C16H23ClN2O/c1-11(12-6-4-2-3-5-7-12)19-16(20)13-8-9-15(18)14(17)10-13/h8-12H,2-7,18H2,1H3,(H,19,20)/t11-/m1/s1. The van der Waals surface area contributed by atoms with Gasteiger partial charge in [-0.3, -0.25) is 4.79 Å². The molecule has 2 rings (SSSR count). The first-order valence-electron chi connectivity index (χ1n) is 7.44. The second-order valence-electron chi connectivity index (χ2n) is 5.75. The molecule has 0 aliphatic heterocycles. The number of rotatable bonds is 3. The first kappa shape index (κ1) is 15.2. The summed E-state index contributed by atoms with van der Waals surface area (Å²) in [5.74, 6) is 0.523. The summed E-state index contributed by atoms with van der Waals surface area (Å²) in [6.07, 6.45) is 7.63. The van der Waals surface area contributed by atoms with Crippen molar-refractivity contribution in [1.82, 2.24) is 5.32 Å². The highest BCUT2D eigenvalue weighted by molar-refractivity contribution is 6.33. The minimum absolute atomic E-state index is 0.0661. The van der Waals surface area contributed by atoms with E-state index in [1.165, 1.54) is 38.5 Å². The lowest BCUT2D eigenvalue weighted by molar-refractivity contribution is 0.0924. The van der Waals surface area contributed by atoms with Crippen molar-refractivity contribution in [3.63, 3.8) is 0 Å². The van der Waals surface area contributed by atoms with Crippen molar-refractivity contribution in [2.45, 2.75) is 51.5 Å². The summed E-state index contributed by atoms with van der Waals surface area (Å²) in [7, 11) is 0. The van der Waals surface area contributed by atoms with Gasteiger partial charge in [0.05, 0.1) is 10.7 Å². The van der Waals surface area contributed by atoms with Gasteiger partial charge in [0.25, 0.3) is 5.91 Å². The highest BCUT2D eigenvalue weighted by Crippen LogP contribution is 2.26. The Morgan fingerprint density at radius 1 is 1.30 bits per heavy atom. The number of amides is 1. The number of nitrogens with one attached hydrogen (secondary N) is 1. The Kier molecular flexibility index (Phi) is 5.30. The second kappa shape index (κ2) is 6.98. The Labute approximate surface area is 125 Å². The lowest BCUT2D eigenvalue weighted by atomic mass is 9.93. The van der Waals surface area contributed by atoms with Crippen molar-refractivity contribution in [2.75, 3.05) is 5.73 Å². The maximum absolute atomic E-state index is 12.2. The van der Waals surface area contributed by atoms with Crippen LogP contribution in [0, 0.1) is 5.92 Å². The lowest BCUT2D eigenvalue weighted by Gasteiger charge is -2.23. The molecule has 1 saturated carbocycles. The Bertz CT molecular complexity index is 468. The third-order valence-corrected chi connectivity index (χ3v) is 4.56. The molecule has 1 aromatic carbocycles. The zero-order valence-electron chi connectivity index (χ0n) is 12.0. The average Bonchev–Trinajstić information content (AvgIpc) is 2.70. The van der Waals surface area contributed by atoms with Gasteiger partial charge in [-0.15, -0.1) is 0 Å². The minimum atomic E-state index is -0.0661.